The molecule has 0 amide bonds. The van der Waals surface area contributed by atoms with Gasteiger partial charge in [0.15, 0.2) is 6.10 Å². The van der Waals surface area contributed by atoms with Crippen molar-refractivity contribution < 1.29 is 28.6 Å². The molecular formula is C72H134O6. The minimum absolute atomic E-state index is 0.0697. The lowest BCUT2D eigenvalue weighted by atomic mass is 10.0. The summed E-state index contributed by atoms with van der Waals surface area (Å²) < 4.78 is 17.0. The van der Waals surface area contributed by atoms with Crippen molar-refractivity contribution in [3.8, 4) is 0 Å². The van der Waals surface area contributed by atoms with Gasteiger partial charge < -0.3 is 14.2 Å². The van der Waals surface area contributed by atoms with Crippen LogP contribution in [0.4, 0.5) is 0 Å². The van der Waals surface area contributed by atoms with Crippen LogP contribution >= 0.6 is 0 Å². The Kier molecular flexibility index (Phi) is 65.1. The predicted molar refractivity (Wildman–Crippen MR) is 339 cm³/mol. The lowest BCUT2D eigenvalue weighted by Crippen LogP contribution is -2.30. The van der Waals surface area contributed by atoms with Gasteiger partial charge in [0.2, 0.25) is 0 Å². The van der Waals surface area contributed by atoms with E-state index in [1.807, 2.05) is 0 Å². The number of allylic oxidation sites excluding steroid dienone is 6. The molecule has 6 nitrogen and oxygen atoms in total. The van der Waals surface area contributed by atoms with Crippen LogP contribution in [-0.2, 0) is 28.6 Å². The molecule has 0 aromatic heterocycles. The van der Waals surface area contributed by atoms with Crippen LogP contribution in [0.15, 0.2) is 36.5 Å². The standard InChI is InChI=1S/C72H134O6/c1-4-7-10-13-16-19-22-25-28-31-34-36-39-41-44-47-50-53-56-59-62-65-71(74)77-68-69(67-76-70(73)64-61-58-55-52-49-46-43-40-37-33-30-27-24-21-18-15-12-9-6-3)78-72(75)66-63-60-57-54-51-48-45-42-38-35-32-29-26-23-20-17-14-11-8-5-2/h18,21,27,30-31,34,69H,4-17,19-20,22-26,28-29,32-33,35-68H2,1-3H3/b21-18-,30-27-,34-31-. The molecule has 0 aliphatic carbocycles. The first-order chi connectivity index (χ1) is 38.5. The highest BCUT2D eigenvalue weighted by molar-refractivity contribution is 5.71. The van der Waals surface area contributed by atoms with Gasteiger partial charge in [-0.3, -0.25) is 14.4 Å². The fraction of sp³-hybridized carbons (Fsp3) is 0.875. The zero-order chi connectivity index (χ0) is 56.4. The van der Waals surface area contributed by atoms with E-state index in [4.69, 9.17) is 14.2 Å². The Morgan fingerprint density at radius 3 is 0.744 bits per heavy atom. The van der Waals surface area contributed by atoms with Crippen LogP contribution in [0, 0.1) is 0 Å². The highest BCUT2D eigenvalue weighted by Crippen LogP contribution is 2.18. The first-order valence-electron chi connectivity index (χ1n) is 35.0. The van der Waals surface area contributed by atoms with Gasteiger partial charge in [-0.05, 0) is 77.0 Å². The van der Waals surface area contributed by atoms with Gasteiger partial charge in [0.25, 0.3) is 0 Å². The summed E-state index contributed by atoms with van der Waals surface area (Å²) in [5, 5.41) is 0. The molecular weight excluding hydrogens is 961 g/mol. The largest absolute Gasteiger partial charge is 0.462 e. The minimum Gasteiger partial charge on any atom is -0.462 e. The third-order valence-electron chi connectivity index (χ3n) is 15.9. The summed E-state index contributed by atoms with van der Waals surface area (Å²) in [6, 6.07) is 0. The molecule has 0 bridgehead atoms. The van der Waals surface area contributed by atoms with E-state index in [0.717, 1.165) is 64.2 Å². The van der Waals surface area contributed by atoms with Gasteiger partial charge >= 0.3 is 17.9 Å². The van der Waals surface area contributed by atoms with Crippen molar-refractivity contribution in [1.82, 2.24) is 0 Å². The molecule has 1 unspecified atom stereocenters. The number of esters is 3. The average Bonchev–Trinajstić information content (AvgIpc) is 3.44. The molecule has 0 rings (SSSR count). The summed E-state index contributed by atoms with van der Waals surface area (Å²) >= 11 is 0. The van der Waals surface area contributed by atoms with Crippen molar-refractivity contribution in [2.45, 2.75) is 393 Å². The minimum atomic E-state index is -0.774. The number of hydrogen-bond donors (Lipinski definition) is 0. The third kappa shape index (κ3) is 64.5. The van der Waals surface area contributed by atoms with Gasteiger partial charge in [-0.1, -0.05) is 327 Å². The van der Waals surface area contributed by atoms with Crippen LogP contribution in [0.5, 0.6) is 0 Å². The van der Waals surface area contributed by atoms with Crippen LogP contribution in [0.2, 0.25) is 0 Å². The number of carbonyl (C=O) groups excluding carboxylic acids is 3. The Hall–Kier alpha value is -2.37. The fourth-order valence-electron chi connectivity index (χ4n) is 10.6. The maximum Gasteiger partial charge on any atom is 0.306 e. The first-order valence-corrected chi connectivity index (χ1v) is 35.0. The molecule has 6 heteroatoms. The third-order valence-corrected chi connectivity index (χ3v) is 15.9. The second-order valence-corrected chi connectivity index (χ2v) is 23.8. The van der Waals surface area contributed by atoms with Gasteiger partial charge in [0.05, 0.1) is 0 Å². The molecule has 1 atom stereocenters. The van der Waals surface area contributed by atoms with E-state index in [1.54, 1.807) is 0 Å². The van der Waals surface area contributed by atoms with Crippen molar-refractivity contribution in [2.75, 3.05) is 13.2 Å². The van der Waals surface area contributed by atoms with Crippen molar-refractivity contribution in [3.05, 3.63) is 36.5 Å². The Morgan fingerprint density at radius 2 is 0.462 bits per heavy atom. The van der Waals surface area contributed by atoms with E-state index >= 15 is 0 Å². The molecule has 0 spiro atoms. The van der Waals surface area contributed by atoms with Gasteiger partial charge in [-0.2, -0.15) is 0 Å². The molecule has 78 heavy (non-hydrogen) atoms. The normalized spacial score (nSPS) is 12.2. The summed E-state index contributed by atoms with van der Waals surface area (Å²) in [4.78, 5) is 38.5. The SMILES string of the molecule is CCCCC/C=C\C/C=C\CCCCCCCCCCCC(=O)OCC(COC(=O)CCCCCCCCCCC/C=C\CCCCCCCCCC)OC(=O)CCCCCCCCCCCCCCCCCCCCCC. The highest BCUT2D eigenvalue weighted by atomic mass is 16.6. The van der Waals surface area contributed by atoms with Crippen molar-refractivity contribution in [2.24, 2.45) is 0 Å². The number of carbonyl (C=O) groups is 3. The average molecular weight is 1100 g/mol. The zero-order valence-corrected chi connectivity index (χ0v) is 52.7. The molecule has 0 saturated heterocycles. The van der Waals surface area contributed by atoms with E-state index < -0.39 is 6.10 Å². The molecule has 0 radical (unpaired) electrons. The van der Waals surface area contributed by atoms with Crippen molar-refractivity contribution in [3.63, 3.8) is 0 Å². The van der Waals surface area contributed by atoms with Crippen molar-refractivity contribution >= 4 is 17.9 Å². The number of rotatable bonds is 65. The summed E-state index contributed by atoms with van der Waals surface area (Å²) in [6.07, 6.45) is 83.0. The molecule has 0 N–H and O–H groups in total. The Bertz CT molecular complexity index is 1300. The molecule has 458 valence electrons. The van der Waals surface area contributed by atoms with Crippen LogP contribution < -0.4 is 0 Å². The van der Waals surface area contributed by atoms with Gasteiger partial charge in [-0.15, -0.1) is 0 Å². The maximum absolute atomic E-state index is 13.0. The van der Waals surface area contributed by atoms with E-state index in [9.17, 15) is 14.4 Å². The predicted octanol–water partition coefficient (Wildman–Crippen LogP) is 23.9. The zero-order valence-electron chi connectivity index (χ0n) is 52.7. The Morgan fingerprint density at radius 1 is 0.256 bits per heavy atom. The molecule has 0 aromatic carbocycles. The highest BCUT2D eigenvalue weighted by Gasteiger charge is 2.19. The molecule has 0 aliphatic heterocycles. The Balaban J connectivity index is 4.32. The summed E-state index contributed by atoms with van der Waals surface area (Å²) in [5.74, 6) is -0.846. The smallest absolute Gasteiger partial charge is 0.306 e. The summed E-state index contributed by atoms with van der Waals surface area (Å²) in [5.41, 5.74) is 0. The second-order valence-electron chi connectivity index (χ2n) is 23.8. The second kappa shape index (κ2) is 67.1. The molecule has 0 heterocycles. The number of ether oxygens (including phenoxy) is 3. The molecule has 0 aromatic rings. The van der Waals surface area contributed by atoms with Crippen LogP contribution in [-0.4, -0.2) is 37.2 Å². The summed E-state index contributed by atoms with van der Waals surface area (Å²) in [7, 11) is 0. The van der Waals surface area contributed by atoms with Gasteiger partial charge in [0.1, 0.15) is 13.2 Å². The molecule has 0 aliphatic rings. The lowest BCUT2D eigenvalue weighted by molar-refractivity contribution is -0.167. The van der Waals surface area contributed by atoms with E-state index in [0.29, 0.717) is 19.3 Å². The quantitative estimate of drug-likeness (QED) is 0.0261. The topological polar surface area (TPSA) is 78.9 Å². The molecule has 0 saturated carbocycles. The van der Waals surface area contributed by atoms with E-state index in [-0.39, 0.29) is 31.1 Å². The summed E-state index contributed by atoms with van der Waals surface area (Å²) in [6.45, 7) is 6.69. The number of hydrogen-bond acceptors (Lipinski definition) is 6. The van der Waals surface area contributed by atoms with Crippen molar-refractivity contribution in [1.29, 1.82) is 0 Å². The first kappa shape index (κ1) is 75.6. The molecule has 0 fully saturated rings. The van der Waals surface area contributed by atoms with Crippen LogP contribution in [0.1, 0.15) is 387 Å². The Labute approximate surface area is 486 Å². The van der Waals surface area contributed by atoms with Gasteiger partial charge in [-0.25, -0.2) is 0 Å². The monoisotopic (exact) mass is 1100 g/mol. The number of unbranched alkanes of at least 4 members (excludes halogenated alkanes) is 48. The van der Waals surface area contributed by atoms with E-state index in [1.165, 1.54) is 283 Å². The maximum atomic E-state index is 13.0. The van der Waals surface area contributed by atoms with E-state index in [2.05, 4.69) is 57.2 Å². The van der Waals surface area contributed by atoms with Crippen LogP contribution in [0.25, 0.3) is 0 Å². The lowest BCUT2D eigenvalue weighted by Gasteiger charge is -2.18. The fourth-order valence-corrected chi connectivity index (χ4v) is 10.6. The van der Waals surface area contributed by atoms with Gasteiger partial charge in [0, 0.05) is 19.3 Å². The van der Waals surface area contributed by atoms with Crippen LogP contribution in [0.3, 0.4) is 0 Å².